The molecular formula is C7H7ClN2OS. The molecule has 0 unspecified atom stereocenters. The van der Waals surface area contributed by atoms with Gasteiger partial charge in [-0.05, 0) is 12.1 Å². The topological polar surface area (TPSA) is 55.1 Å². The van der Waals surface area contributed by atoms with Gasteiger partial charge in [-0.1, -0.05) is 17.7 Å². The first-order valence-corrected chi connectivity index (χ1v) is 3.97. The smallest absolute Gasteiger partial charge is 0.267 e. The zero-order valence-electron chi connectivity index (χ0n) is 6.04. The van der Waals surface area contributed by atoms with Gasteiger partial charge in [-0.15, -0.1) is 12.6 Å². The normalized spacial score (nSPS) is 9.58. The Hall–Kier alpha value is -0.710. The van der Waals surface area contributed by atoms with Crippen LogP contribution in [0.25, 0.3) is 0 Å². The van der Waals surface area contributed by atoms with Crippen molar-refractivity contribution in [2.45, 2.75) is 4.90 Å². The number of thiol groups is 1. The second kappa shape index (κ2) is 3.80. The molecule has 1 aromatic rings. The van der Waals surface area contributed by atoms with Gasteiger partial charge in [0.25, 0.3) is 5.91 Å². The summed E-state index contributed by atoms with van der Waals surface area (Å²) >= 11 is 9.80. The van der Waals surface area contributed by atoms with Crippen molar-refractivity contribution in [2.24, 2.45) is 5.84 Å². The number of nitrogen functional groups attached to an aromatic ring is 1. The summed E-state index contributed by atoms with van der Waals surface area (Å²) < 4.78 is 0. The Balaban J connectivity index is 3.21. The molecule has 0 fully saturated rings. The molecule has 5 heteroatoms. The number of nitrogens with one attached hydrogen (secondary N) is 1. The van der Waals surface area contributed by atoms with Gasteiger partial charge in [0.2, 0.25) is 0 Å². The molecule has 3 nitrogen and oxygen atoms in total. The largest absolute Gasteiger partial charge is 0.290 e. The summed E-state index contributed by atoms with van der Waals surface area (Å²) in [5.41, 5.74) is 2.29. The third-order valence-electron chi connectivity index (χ3n) is 1.35. The van der Waals surface area contributed by atoms with Gasteiger partial charge in [-0.25, -0.2) is 5.84 Å². The second-order valence-corrected chi connectivity index (χ2v) is 3.00. The van der Waals surface area contributed by atoms with Crippen molar-refractivity contribution in [3.8, 4) is 0 Å². The van der Waals surface area contributed by atoms with Crippen LogP contribution in [0, 0.1) is 0 Å². The molecule has 0 saturated heterocycles. The van der Waals surface area contributed by atoms with Gasteiger partial charge in [0, 0.05) is 4.90 Å². The van der Waals surface area contributed by atoms with E-state index in [1.54, 1.807) is 18.2 Å². The lowest BCUT2D eigenvalue weighted by atomic mass is 10.2. The number of carbonyl (C=O) groups is 1. The number of nitrogens with two attached hydrogens (primary N) is 1. The zero-order valence-corrected chi connectivity index (χ0v) is 7.69. The SMILES string of the molecule is NNC(=O)c1c(S)cccc1Cl. The number of carbonyl (C=O) groups excluding carboxylic acids is 1. The van der Waals surface area contributed by atoms with Crippen LogP contribution in [0.3, 0.4) is 0 Å². The summed E-state index contributed by atoms with van der Waals surface area (Å²) in [5, 5.41) is 0.338. The highest BCUT2D eigenvalue weighted by atomic mass is 35.5. The van der Waals surface area contributed by atoms with Gasteiger partial charge in [0.15, 0.2) is 0 Å². The fraction of sp³-hybridized carbons (Fsp3) is 0. The van der Waals surface area contributed by atoms with Crippen LogP contribution < -0.4 is 11.3 Å². The average Bonchev–Trinajstić information content (AvgIpc) is 2.03. The maximum absolute atomic E-state index is 11.1. The Morgan fingerprint density at radius 2 is 2.25 bits per heavy atom. The van der Waals surface area contributed by atoms with Crippen LogP contribution in [0.5, 0.6) is 0 Å². The molecule has 3 N–H and O–H groups in total. The minimum absolute atomic E-state index is 0.296. The summed E-state index contributed by atoms with van der Waals surface area (Å²) in [7, 11) is 0. The quantitative estimate of drug-likeness (QED) is 0.278. The van der Waals surface area contributed by atoms with Crippen LogP contribution in [0.4, 0.5) is 0 Å². The molecule has 0 aliphatic heterocycles. The first-order chi connectivity index (χ1) is 5.66. The molecule has 1 aromatic carbocycles. The molecule has 0 aliphatic carbocycles. The molecule has 0 atom stereocenters. The second-order valence-electron chi connectivity index (χ2n) is 2.11. The van der Waals surface area contributed by atoms with Crippen LogP contribution in [-0.4, -0.2) is 5.91 Å². The maximum atomic E-state index is 11.1. The predicted molar refractivity (Wildman–Crippen MR) is 50.4 cm³/mol. The van der Waals surface area contributed by atoms with E-state index in [1.807, 2.05) is 5.43 Å². The molecule has 0 spiro atoms. The Morgan fingerprint density at radius 1 is 1.58 bits per heavy atom. The van der Waals surface area contributed by atoms with Gasteiger partial charge in [-0.3, -0.25) is 10.2 Å². The lowest BCUT2D eigenvalue weighted by Gasteiger charge is -2.04. The number of hydrogen-bond donors (Lipinski definition) is 3. The molecule has 1 rings (SSSR count). The van der Waals surface area contributed by atoms with Crippen molar-refractivity contribution in [2.75, 3.05) is 0 Å². The van der Waals surface area contributed by atoms with E-state index in [-0.39, 0.29) is 0 Å². The molecule has 0 heterocycles. The van der Waals surface area contributed by atoms with Crippen LogP contribution in [-0.2, 0) is 0 Å². The van der Waals surface area contributed by atoms with Gasteiger partial charge >= 0.3 is 0 Å². The Labute approximate surface area is 80.3 Å². The minimum atomic E-state index is -0.439. The predicted octanol–water partition coefficient (Wildman–Crippen LogP) is 1.23. The number of halogens is 1. The Bertz CT molecular complexity index is 296. The van der Waals surface area contributed by atoms with Crippen LogP contribution >= 0.6 is 24.2 Å². The monoisotopic (exact) mass is 202 g/mol. The summed E-state index contributed by atoms with van der Waals surface area (Å²) in [5.74, 6) is 4.51. The van der Waals surface area contributed by atoms with Crippen molar-refractivity contribution >= 4 is 30.1 Å². The van der Waals surface area contributed by atoms with E-state index in [4.69, 9.17) is 17.4 Å². The molecule has 0 saturated carbocycles. The van der Waals surface area contributed by atoms with E-state index in [1.165, 1.54) is 0 Å². The van der Waals surface area contributed by atoms with Crippen molar-refractivity contribution in [3.63, 3.8) is 0 Å². The summed E-state index contributed by atoms with van der Waals surface area (Å²) in [6.45, 7) is 0. The van der Waals surface area contributed by atoms with Crippen molar-refractivity contribution in [1.29, 1.82) is 0 Å². The molecule has 0 radical (unpaired) electrons. The highest BCUT2D eigenvalue weighted by molar-refractivity contribution is 7.80. The zero-order chi connectivity index (χ0) is 9.14. The molecule has 1 amide bonds. The van der Waals surface area contributed by atoms with E-state index in [0.717, 1.165) is 0 Å². The molecule has 0 aliphatic rings. The van der Waals surface area contributed by atoms with Gasteiger partial charge in [0.1, 0.15) is 0 Å². The number of rotatable bonds is 1. The third-order valence-corrected chi connectivity index (χ3v) is 2.04. The minimum Gasteiger partial charge on any atom is -0.290 e. The highest BCUT2D eigenvalue weighted by Gasteiger charge is 2.11. The Morgan fingerprint density at radius 3 is 2.75 bits per heavy atom. The number of hydrazine groups is 1. The fourth-order valence-electron chi connectivity index (χ4n) is 0.810. The lowest BCUT2D eigenvalue weighted by Crippen LogP contribution is -2.30. The van der Waals surface area contributed by atoms with Crippen LogP contribution in [0.15, 0.2) is 23.1 Å². The average molecular weight is 203 g/mol. The molecule has 0 bridgehead atoms. The van der Waals surface area contributed by atoms with Crippen molar-refractivity contribution in [1.82, 2.24) is 5.43 Å². The summed E-state index contributed by atoms with van der Waals surface area (Å²) in [6.07, 6.45) is 0. The van der Waals surface area contributed by atoms with Gasteiger partial charge in [-0.2, -0.15) is 0 Å². The molecular weight excluding hydrogens is 196 g/mol. The maximum Gasteiger partial charge on any atom is 0.267 e. The van der Waals surface area contributed by atoms with E-state index in [9.17, 15) is 4.79 Å². The Kier molecular flexibility index (Phi) is 2.97. The van der Waals surface area contributed by atoms with Crippen LogP contribution in [0.1, 0.15) is 10.4 Å². The lowest BCUT2D eigenvalue weighted by molar-refractivity contribution is 0.0951. The van der Waals surface area contributed by atoms with Crippen LogP contribution in [0.2, 0.25) is 5.02 Å². The van der Waals surface area contributed by atoms with E-state index in [2.05, 4.69) is 12.6 Å². The number of benzene rings is 1. The molecule has 0 aromatic heterocycles. The number of amides is 1. The van der Waals surface area contributed by atoms with E-state index in [0.29, 0.717) is 15.5 Å². The first-order valence-electron chi connectivity index (χ1n) is 3.15. The van der Waals surface area contributed by atoms with E-state index >= 15 is 0 Å². The summed E-state index contributed by atoms with van der Waals surface area (Å²) in [4.78, 5) is 11.6. The molecule has 12 heavy (non-hydrogen) atoms. The summed E-state index contributed by atoms with van der Waals surface area (Å²) in [6, 6.07) is 4.98. The third kappa shape index (κ3) is 1.72. The van der Waals surface area contributed by atoms with Crippen molar-refractivity contribution in [3.05, 3.63) is 28.8 Å². The van der Waals surface area contributed by atoms with Gasteiger partial charge in [0.05, 0.1) is 10.6 Å². The number of hydrogen-bond acceptors (Lipinski definition) is 3. The highest BCUT2D eigenvalue weighted by Crippen LogP contribution is 2.22. The van der Waals surface area contributed by atoms with Gasteiger partial charge < -0.3 is 0 Å². The fourth-order valence-corrected chi connectivity index (χ4v) is 1.44. The standard InChI is InChI=1S/C7H7ClN2OS/c8-4-2-1-3-5(12)6(4)7(11)10-9/h1-3,12H,9H2,(H,10,11). The molecule has 64 valence electrons. The van der Waals surface area contributed by atoms with E-state index < -0.39 is 5.91 Å². The van der Waals surface area contributed by atoms with Crippen molar-refractivity contribution < 1.29 is 4.79 Å². The first kappa shape index (κ1) is 9.38.